The lowest BCUT2D eigenvalue weighted by atomic mass is 10.1. The summed E-state index contributed by atoms with van der Waals surface area (Å²) in [6.07, 6.45) is 3.90. The van der Waals surface area contributed by atoms with Gasteiger partial charge in [-0.15, -0.1) is 0 Å². The molecule has 0 aromatic heterocycles. The van der Waals surface area contributed by atoms with Crippen molar-refractivity contribution in [2.75, 3.05) is 19.8 Å². The molecule has 1 aromatic carbocycles. The molecule has 0 amide bonds. The molecular weight excluding hydrogens is 228 g/mol. The Balaban J connectivity index is 1.99. The lowest BCUT2D eigenvalue weighted by Gasteiger charge is -2.27. The average Bonchev–Trinajstić information content (AvgIpc) is 2.42. The Morgan fingerprint density at radius 2 is 2.00 bits per heavy atom. The van der Waals surface area contributed by atoms with Gasteiger partial charge in [0.25, 0.3) is 0 Å². The van der Waals surface area contributed by atoms with E-state index in [1.54, 1.807) is 0 Å². The van der Waals surface area contributed by atoms with Crippen LogP contribution in [0.1, 0.15) is 24.8 Å². The maximum atomic E-state index is 8.24. The molecular formula is C13H18N4O. The molecule has 0 atom stereocenters. The molecule has 0 aliphatic carbocycles. The van der Waals surface area contributed by atoms with Gasteiger partial charge in [-0.3, -0.25) is 4.90 Å². The minimum atomic E-state index is 0.0491. The van der Waals surface area contributed by atoms with Crippen molar-refractivity contribution in [3.8, 4) is 5.75 Å². The summed E-state index contributed by atoms with van der Waals surface area (Å²) in [4.78, 5) is 5.13. The van der Waals surface area contributed by atoms with Crippen molar-refractivity contribution >= 4 is 0 Å². The summed E-state index contributed by atoms with van der Waals surface area (Å²) in [6.45, 7) is 3.27. The SMILES string of the molecule is [N-]=[N+]=NCOc1ccccc1CN1CCCCC1. The standard InChI is InChI=1S/C13H18N4O/c14-16-15-11-18-13-7-3-2-6-12(13)10-17-8-4-1-5-9-17/h2-3,6-7H,1,4-5,8-11H2. The summed E-state index contributed by atoms with van der Waals surface area (Å²) in [6, 6.07) is 7.94. The molecule has 0 unspecified atom stereocenters. The van der Waals surface area contributed by atoms with Gasteiger partial charge >= 0.3 is 0 Å². The predicted molar refractivity (Wildman–Crippen MR) is 70.2 cm³/mol. The van der Waals surface area contributed by atoms with Gasteiger partial charge in [0.2, 0.25) is 0 Å². The second-order valence-corrected chi connectivity index (χ2v) is 4.45. The Labute approximate surface area is 107 Å². The predicted octanol–water partition coefficient (Wildman–Crippen LogP) is 3.32. The smallest absolute Gasteiger partial charge is 0.167 e. The van der Waals surface area contributed by atoms with Gasteiger partial charge in [0.15, 0.2) is 6.73 Å². The maximum absolute atomic E-state index is 8.24. The van der Waals surface area contributed by atoms with E-state index in [1.165, 1.54) is 19.3 Å². The van der Waals surface area contributed by atoms with Crippen LogP contribution in [0.5, 0.6) is 5.75 Å². The second kappa shape index (κ2) is 6.89. The van der Waals surface area contributed by atoms with E-state index in [-0.39, 0.29) is 6.73 Å². The molecule has 1 aliphatic heterocycles. The van der Waals surface area contributed by atoms with E-state index in [4.69, 9.17) is 10.3 Å². The molecule has 0 bridgehead atoms. The van der Waals surface area contributed by atoms with Crippen LogP contribution in [0.15, 0.2) is 29.4 Å². The normalized spacial score (nSPS) is 16.0. The fourth-order valence-corrected chi connectivity index (χ4v) is 2.26. The van der Waals surface area contributed by atoms with Gasteiger partial charge in [-0.2, -0.15) is 0 Å². The highest BCUT2D eigenvalue weighted by atomic mass is 16.5. The van der Waals surface area contributed by atoms with Crippen LogP contribution in [0.2, 0.25) is 0 Å². The van der Waals surface area contributed by atoms with Crippen LogP contribution in [0.3, 0.4) is 0 Å². The van der Waals surface area contributed by atoms with Crippen LogP contribution in [0.25, 0.3) is 10.4 Å². The molecule has 1 saturated heterocycles. The maximum Gasteiger partial charge on any atom is 0.167 e. The zero-order valence-electron chi connectivity index (χ0n) is 10.5. The van der Waals surface area contributed by atoms with E-state index in [0.717, 1.165) is 30.9 Å². The molecule has 0 spiro atoms. The van der Waals surface area contributed by atoms with E-state index >= 15 is 0 Å². The number of azide groups is 1. The fraction of sp³-hybridized carbons (Fsp3) is 0.538. The number of para-hydroxylation sites is 1. The molecule has 1 aromatic rings. The van der Waals surface area contributed by atoms with E-state index in [2.05, 4.69) is 21.0 Å². The van der Waals surface area contributed by atoms with Crippen molar-refractivity contribution in [2.45, 2.75) is 25.8 Å². The van der Waals surface area contributed by atoms with E-state index in [1.807, 2.05) is 18.2 Å². The molecule has 0 radical (unpaired) electrons. The van der Waals surface area contributed by atoms with Crippen LogP contribution in [-0.2, 0) is 6.54 Å². The first-order chi connectivity index (χ1) is 8.90. The topological polar surface area (TPSA) is 61.2 Å². The van der Waals surface area contributed by atoms with Crippen molar-refractivity contribution in [1.82, 2.24) is 4.90 Å². The minimum absolute atomic E-state index is 0.0491. The van der Waals surface area contributed by atoms with Crippen LogP contribution in [0, 0.1) is 0 Å². The number of ether oxygens (including phenoxy) is 1. The third kappa shape index (κ3) is 3.65. The first-order valence-corrected chi connectivity index (χ1v) is 6.34. The van der Waals surface area contributed by atoms with Crippen LogP contribution in [-0.4, -0.2) is 24.7 Å². The summed E-state index contributed by atoms with van der Waals surface area (Å²) in [5.41, 5.74) is 9.40. The Bertz CT molecular complexity index is 423. The third-order valence-corrected chi connectivity index (χ3v) is 3.16. The molecule has 5 nitrogen and oxygen atoms in total. The first kappa shape index (κ1) is 12.7. The largest absolute Gasteiger partial charge is 0.487 e. The minimum Gasteiger partial charge on any atom is -0.487 e. The number of rotatable bonds is 5. The third-order valence-electron chi connectivity index (χ3n) is 3.16. The first-order valence-electron chi connectivity index (χ1n) is 6.34. The Hall–Kier alpha value is -1.71. The number of nitrogens with zero attached hydrogens (tertiary/aromatic N) is 4. The Morgan fingerprint density at radius 1 is 1.22 bits per heavy atom. The lowest BCUT2D eigenvalue weighted by Crippen LogP contribution is -2.29. The molecule has 96 valence electrons. The Kier molecular flexibility index (Phi) is 4.88. The molecule has 2 rings (SSSR count). The quantitative estimate of drug-likeness (QED) is 0.454. The van der Waals surface area contributed by atoms with E-state index in [9.17, 15) is 0 Å². The fourth-order valence-electron chi connectivity index (χ4n) is 2.26. The van der Waals surface area contributed by atoms with Gasteiger partial charge in [-0.1, -0.05) is 29.7 Å². The monoisotopic (exact) mass is 246 g/mol. The molecule has 18 heavy (non-hydrogen) atoms. The number of hydrogen-bond donors (Lipinski definition) is 0. The highest BCUT2D eigenvalue weighted by Crippen LogP contribution is 2.21. The molecule has 5 heteroatoms. The van der Waals surface area contributed by atoms with Gasteiger partial charge in [0.05, 0.1) is 0 Å². The van der Waals surface area contributed by atoms with Crippen LogP contribution >= 0.6 is 0 Å². The summed E-state index contributed by atoms with van der Waals surface area (Å²) < 4.78 is 5.47. The van der Waals surface area contributed by atoms with Crippen molar-refractivity contribution in [3.63, 3.8) is 0 Å². The van der Waals surface area contributed by atoms with Crippen LogP contribution < -0.4 is 4.74 Å². The summed E-state index contributed by atoms with van der Waals surface area (Å²) in [7, 11) is 0. The van der Waals surface area contributed by atoms with Crippen LogP contribution in [0.4, 0.5) is 0 Å². The number of benzene rings is 1. The zero-order valence-corrected chi connectivity index (χ0v) is 10.5. The van der Waals surface area contributed by atoms with Crippen molar-refractivity contribution in [2.24, 2.45) is 5.11 Å². The average molecular weight is 246 g/mol. The number of hydrogen-bond acceptors (Lipinski definition) is 3. The van der Waals surface area contributed by atoms with E-state index < -0.39 is 0 Å². The molecule has 1 aliphatic rings. The lowest BCUT2D eigenvalue weighted by molar-refractivity contribution is 0.216. The second-order valence-electron chi connectivity index (χ2n) is 4.45. The zero-order chi connectivity index (χ0) is 12.6. The van der Waals surface area contributed by atoms with Crippen molar-refractivity contribution in [1.29, 1.82) is 0 Å². The molecule has 0 N–H and O–H groups in total. The molecule has 1 heterocycles. The van der Waals surface area contributed by atoms with Gasteiger partial charge in [0.1, 0.15) is 5.75 Å². The molecule has 1 fully saturated rings. The molecule has 0 saturated carbocycles. The van der Waals surface area contributed by atoms with Gasteiger partial charge in [-0.25, -0.2) is 0 Å². The highest BCUT2D eigenvalue weighted by molar-refractivity contribution is 5.33. The number of likely N-dealkylation sites (tertiary alicyclic amines) is 1. The van der Waals surface area contributed by atoms with Crippen molar-refractivity contribution < 1.29 is 4.74 Å². The summed E-state index contributed by atoms with van der Waals surface area (Å²) in [5.74, 6) is 0.815. The summed E-state index contributed by atoms with van der Waals surface area (Å²) >= 11 is 0. The number of piperidine rings is 1. The van der Waals surface area contributed by atoms with Gasteiger partial charge in [-0.05, 0) is 37.5 Å². The Morgan fingerprint density at radius 3 is 2.78 bits per heavy atom. The highest BCUT2D eigenvalue weighted by Gasteiger charge is 2.12. The van der Waals surface area contributed by atoms with E-state index in [0.29, 0.717) is 0 Å². The van der Waals surface area contributed by atoms with Gasteiger partial charge < -0.3 is 4.74 Å². The van der Waals surface area contributed by atoms with Gasteiger partial charge in [0, 0.05) is 17.0 Å². The summed E-state index contributed by atoms with van der Waals surface area (Å²) in [5, 5.41) is 3.40. The van der Waals surface area contributed by atoms with Crippen molar-refractivity contribution in [3.05, 3.63) is 40.3 Å².